The smallest absolute Gasteiger partial charge is 0.343 e. The molecule has 0 bridgehead atoms. The number of benzene rings is 2. The fraction of sp³-hybridized carbons (Fsp3) is 0.409. The maximum Gasteiger partial charge on any atom is 0.343 e. The minimum absolute atomic E-state index is 0.353. The molecule has 7 heteroatoms. The lowest BCUT2D eigenvalue weighted by molar-refractivity contribution is 0.0733. The number of rotatable bonds is 9. The Balaban J connectivity index is 1.80. The Labute approximate surface area is 180 Å². The molecule has 0 aliphatic carbocycles. The molecule has 0 unspecified atom stereocenters. The molecule has 0 saturated carbocycles. The Morgan fingerprint density at radius 3 is 1.97 bits per heavy atom. The van der Waals surface area contributed by atoms with Gasteiger partial charge in [0.2, 0.25) is 5.75 Å². The highest BCUT2D eigenvalue weighted by Crippen LogP contribution is 2.45. The standard InChI is InChI=1S/C22H26O5S2/c1-4-24-18-13-16(14-19(25-5-2)20(18)26-6-3)21(23)27-17-9-7-15(8-10-17)22-28-11-12-29-22/h7-10,13-14,22H,4-6,11-12H2,1-3H3. The van der Waals surface area contributed by atoms with Crippen LogP contribution in [-0.4, -0.2) is 37.3 Å². The third kappa shape index (κ3) is 5.54. The van der Waals surface area contributed by atoms with Crippen LogP contribution in [0.25, 0.3) is 0 Å². The summed E-state index contributed by atoms with van der Waals surface area (Å²) in [4.78, 5) is 12.8. The summed E-state index contributed by atoms with van der Waals surface area (Å²) in [6.45, 7) is 7.01. The van der Waals surface area contributed by atoms with Crippen molar-refractivity contribution in [2.75, 3.05) is 31.3 Å². The molecule has 1 fully saturated rings. The molecule has 0 spiro atoms. The summed E-state index contributed by atoms with van der Waals surface area (Å²) < 4.78 is 23.1. The first-order valence-corrected chi connectivity index (χ1v) is 11.9. The summed E-state index contributed by atoms with van der Waals surface area (Å²) in [6.07, 6.45) is 0. The summed E-state index contributed by atoms with van der Waals surface area (Å²) in [7, 11) is 0. The van der Waals surface area contributed by atoms with E-state index in [1.165, 1.54) is 17.1 Å². The van der Waals surface area contributed by atoms with Gasteiger partial charge in [-0.05, 0) is 50.6 Å². The molecule has 0 N–H and O–H groups in total. The Morgan fingerprint density at radius 2 is 1.45 bits per heavy atom. The summed E-state index contributed by atoms with van der Waals surface area (Å²) in [6, 6.07) is 11.0. The van der Waals surface area contributed by atoms with Crippen LogP contribution in [0.3, 0.4) is 0 Å². The molecule has 2 aromatic carbocycles. The Morgan fingerprint density at radius 1 is 0.897 bits per heavy atom. The summed E-state index contributed by atoms with van der Waals surface area (Å²) in [5.74, 6) is 3.84. The van der Waals surface area contributed by atoms with Crippen LogP contribution in [0.4, 0.5) is 0 Å². The molecule has 0 atom stereocenters. The maximum absolute atomic E-state index is 12.8. The highest BCUT2D eigenvalue weighted by molar-refractivity contribution is 8.19. The molecular weight excluding hydrogens is 408 g/mol. The minimum atomic E-state index is -0.465. The van der Waals surface area contributed by atoms with E-state index < -0.39 is 5.97 Å². The molecule has 0 aromatic heterocycles. The molecule has 0 radical (unpaired) electrons. The van der Waals surface area contributed by atoms with Gasteiger partial charge in [0.1, 0.15) is 5.75 Å². The number of ether oxygens (including phenoxy) is 4. The van der Waals surface area contributed by atoms with Crippen LogP contribution >= 0.6 is 23.5 Å². The van der Waals surface area contributed by atoms with Crippen LogP contribution in [0.15, 0.2) is 36.4 Å². The first-order valence-electron chi connectivity index (χ1n) is 9.78. The van der Waals surface area contributed by atoms with Gasteiger partial charge in [0, 0.05) is 11.5 Å². The summed E-state index contributed by atoms with van der Waals surface area (Å²) in [5.41, 5.74) is 1.60. The van der Waals surface area contributed by atoms with Crippen LogP contribution in [0.1, 0.15) is 41.3 Å². The van der Waals surface area contributed by atoms with Crippen molar-refractivity contribution in [3.63, 3.8) is 0 Å². The second-order valence-electron chi connectivity index (χ2n) is 6.13. The number of carbonyl (C=O) groups excluding carboxylic acids is 1. The van der Waals surface area contributed by atoms with Gasteiger partial charge >= 0.3 is 5.97 Å². The number of carbonyl (C=O) groups is 1. The first kappa shape index (κ1) is 21.7. The lowest BCUT2D eigenvalue weighted by Gasteiger charge is -2.17. The third-order valence-electron chi connectivity index (χ3n) is 4.13. The van der Waals surface area contributed by atoms with Crippen molar-refractivity contribution in [1.29, 1.82) is 0 Å². The van der Waals surface area contributed by atoms with Gasteiger partial charge in [-0.2, -0.15) is 0 Å². The lowest BCUT2D eigenvalue weighted by Crippen LogP contribution is -2.11. The van der Waals surface area contributed by atoms with Crippen LogP contribution in [0.2, 0.25) is 0 Å². The summed E-state index contributed by atoms with van der Waals surface area (Å²) >= 11 is 3.89. The third-order valence-corrected chi connectivity index (χ3v) is 7.23. The number of hydrogen-bond donors (Lipinski definition) is 0. The van der Waals surface area contributed by atoms with E-state index in [1.807, 2.05) is 68.6 Å². The fourth-order valence-corrected chi connectivity index (χ4v) is 5.78. The maximum atomic E-state index is 12.8. The Hall–Kier alpha value is -1.99. The van der Waals surface area contributed by atoms with Gasteiger partial charge in [-0.3, -0.25) is 0 Å². The average Bonchev–Trinajstić information content (AvgIpc) is 3.26. The van der Waals surface area contributed by atoms with Gasteiger partial charge in [-0.1, -0.05) is 12.1 Å². The van der Waals surface area contributed by atoms with E-state index in [2.05, 4.69) is 0 Å². The molecule has 5 nitrogen and oxygen atoms in total. The van der Waals surface area contributed by atoms with Gasteiger partial charge in [0.05, 0.1) is 30.0 Å². The van der Waals surface area contributed by atoms with E-state index in [1.54, 1.807) is 12.1 Å². The van der Waals surface area contributed by atoms with E-state index in [0.717, 1.165) is 0 Å². The highest BCUT2D eigenvalue weighted by Gasteiger charge is 2.21. The van der Waals surface area contributed by atoms with E-state index in [-0.39, 0.29) is 0 Å². The highest BCUT2D eigenvalue weighted by atomic mass is 32.2. The lowest BCUT2D eigenvalue weighted by atomic mass is 10.1. The monoisotopic (exact) mass is 434 g/mol. The van der Waals surface area contributed by atoms with Crippen molar-refractivity contribution < 1.29 is 23.7 Å². The molecule has 3 rings (SSSR count). The topological polar surface area (TPSA) is 54.0 Å². The average molecular weight is 435 g/mol. The molecule has 156 valence electrons. The van der Waals surface area contributed by atoms with Gasteiger partial charge in [0.25, 0.3) is 0 Å². The zero-order chi connectivity index (χ0) is 20.6. The molecule has 1 saturated heterocycles. The molecule has 1 heterocycles. The van der Waals surface area contributed by atoms with E-state index in [9.17, 15) is 4.79 Å². The van der Waals surface area contributed by atoms with Gasteiger partial charge < -0.3 is 18.9 Å². The van der Waals surface area contributed by atoms with E-state index >= 15 is 0 Å². The van der Waals surface area contributed by atoms with Crippen LogP contribution < -0.4 is 18.9 Å². The second-order valence-corrected chi connectivity index (χ2v) is 8.86. The first-order chi connectivity index (χ1) is 14.2. The Kier molecular flexibility index (Phi) is 8.00. The van der Waals surface area contributed by atoms with Crippen LogP contribution in [0, 0.1) is 0 Å². The molecule has 29 heavy (non-hydrogen) atoms. The largest absolute Gasteiger partial charge is 0.490 e. The molecule has 1 aliphatic rings. The molecule has 2 aromatic rings. The van der Waals surface area contributed by atoms with Crippen molar-refractivity contribution >= 4 is 29.5 Å². The second kappa shape index (κ2) is 10.7. The zero-order valence-electron chi connectivity index (χ0n) is 16.9. The SMILES string of the molecule is CCOc1cc(C(=O)Oc2ccc(C3SCCS3)cc2)cc(OCC)c1OCC. The summed E-state index contributed by atoms with van der Waals surface area (Å²) in [5, 5.41) is 0. The quantitative estimate of drug-likeness (QED) is 0.377. The predicted octanol–water partition coefficient (Wildman–Crippen LogP) is 5.58. The van der Waals surface area contributed by atoms with Crippen LogP contribution in [-0.2, 0) is 0 Å². The van der Waals surface area contributed by atoms with Crippen molar-refractivity contribution in [2.45, 2.75) is 25.4 Å². The zero-order valence-corrected chi connectivity index (χ0v) is 18.6. The number of hydrogen-bond acceptors (Lipinski definition) is 7. The van der Waals surface area contributed by atoms with Crippen molar-refractivity contribution in [3.8, 4) is 23.0 Å². The number of esters is 1. The fourth-order valence-electron chi connectivity index (χ4n) is 2.92. The minimum Gasteiger partial charge on any atom is -0.490 e. The van der Waals surface area contributed by atoms with E-state index in [4.69, 9.17) is 18.9 Å². The van der Waals surface area contributed by atoms with Gasteiger partial charge in [-0.25, -0.2) is 4.79 Å². The van der Waals surface area contributed by atoms with Crippen molar-refractivity contribution in [2.24, 2.45) is 0 Å². The molecule has 1 aliphatic heterocycles. The van der Waals surface area contributed by atoms with Gasteiger partial charge in [0.15, 0.2) is 11.5 Å². The predicted molar refractivity (Wildman–Crippen MR) is 119 cm³/mol. The molecular formula is C22H26O5S2. The van der Waals surface area contributed by atoms with Crippen LogP contribution in [0.5, 0.6) is 23.0 Å². The van der Waals surface area contributed by atoms with Crippen molar-refractivity contribution in [1.82, 2.24) is 0 Å². The van der Waals surface area contributed by atoms with E-state index in [0.29, 0.717) is 53.0 Å². The van der Waals surface area contributed by atoms with Crippen molar-refractivity contribution in [3.05, 3.63) is 47.5 Å². The van der Waals surface area contributed by atoms with Gasteiger partial charge in [-0.15, -0.1) is 23.5 Å². The number of thioether (sulfide) groups is 2. The Bertz CT molecular complexity index is 789. The normalized spacial score (nSPS) is 13.9. The molecule has 0 amide bonds.